The standard InChI is InChI=1S/C20H22F6N8/c1-10(27)16-6-13(11(2)31-17(16)30-3)9-34(18(32-28)33-29)8-12-4-14(19(21,22)23)7-15(5-12)20(24,25)26/h4-7,27-28H,8-9,29H2,1-3H3,(H,30,31). The van der Waals surface area contributed by atoms with Crippen LogP contribution in [0, 0.1) is 17.9 Å². The molecule has 184 valence electrons. The Kier molecular flexibility index (Phi) is 7.85. The van der Waals surface area contributed by atoms with Crippen LogP contribution in [-0.2, 0) is 25.4 Å². The van der Waals surface area contributed by atoms with Crippen LogP contribution >= 0.6 is 0 Å². The molecule has 0 atom stereocenters. The average Bonchev–Trinajstić information content (AvgIpc) is 2.73. The smallest absolute Gasteiger partial charge is 0.373 e. The minimum Gasteiger partial charge on any atom is -0.373 e. The van der Waals surface area contributed by atoms with Crippen LogP contribution in [0.25, 0.3) is 0 Å². The fourth-order valence-corrected chi connectivity index (χ4v) is 3.20. The zero-order chi connectivity index (χ0) is 25.8. The molecule has 0 aliphatic rings. The minimum atomic E-state index is -5.01. The second-order valence-corrected chi connectivity index (χ2v) is 7.32. The molecule has 0 saturated heterocycles. The second-order valence-electron chi connectivity index (χ2n) is 7.32. The van der Waals surface area contributed by atoms with Crippen molar-refractivity contribution in [1.82, 2.24) is 9.88 Å². The van der Waals surface area contributed by atoms with Gasteiger partial charge in [0.15, 0.2) is 0 Å². The number of nitrogens with one attached hydrogen (secondary N) is 3. The van der Waals surface area contributed by atoms with Crippen molar-refractivity contribution in [2.75, 3.05) is 12.4 Å². The van der Waals surface area contributed by atoms with Gasteiger partial charge in [0.2, 0.25) is 0 Å². The molecule has 2 aromatic rings. The van der Waals surface area contributed by atoms with Crippen LogP contribution in [0.2, 0.25) is 0 Å². The van der Waals surface area contributed by atoms with Gasteiger partial charge in [-0.05, 0) is 49.2 Å². The molecule has 34 heavy (non-hydrogen) atoms. The van der Waals surface area contributed by atoms with Gasteiger partial charge in [-0.2, -0.15) is 26.3 Å². The van der Waals surface area contributed by atoms with Crippen molar-refractivity contribution in [1.29, 1.82) is 10.9 Å². The maximum absolute atomic E-state index is 13.2. The number of benzene rings is 1. The summed E-state index contributed by atoms with van der Waals surface area (Å²) < 4.78 is 79.5. The summed E-state index contributed by atoms with van der Waals surface area (Å²) in [4.78, 5) is 5.50. The summed E-state index contributed by atoms with van der Waals surface area (Å²) in [5, 5.41) is 17.3. The number of nitrogens with zero attached hydrogens (tertiary/aromatic N) is 4. The van der Waals surface area contributed by atoms with E-state index in [0.29, 0.717) is 34.8 Å². The van der Waals surface area contributed by atoms with E-state index >= 15 is 0 Å². The lowest BCUT2D eigenvalue weighted by atomic mass is 10.0. The van der Waals surface area contributed by atoms with Crippen LogP contribution < -0.4 is 11.2 Å². The summed E-state index contributed by atoms with van der Waals surface area (Å²) in [7, 11) is 1.62. The van der Waals surface area contributed by atoms with Crippen LogP contribution in [0.1, 0.15) is 40.4 Å². The van der Waals surface area contributed by atoms with Crippen molar-refractivity contribution in [3.05, 3.63) is 57.8 Å². The molecular formula is C20H22F6N8. The Labute approximate surface area is 190 Å². The van der Waals surface area contributed by atoms with Crippen LogP contribution in [0.5, 0.6) is 0 Å². The molecule has 0 radical (unpaired) electrons. The lowest BCUT2D eigenvalue weighted by molar-refractivity contribution is -0.143. The molecule has 14 heteroatoms. The van der Waals surface area contributed by atoms with Crippen molar-refractivity contribution >= 4 is 17.5 Å². The summed E-state index contributed by atoms with van der Waals surface area (Å²) in [5.41, 5.74) is 5.58. The van der Waals surface area contributed by atoms with Gasteiger partial charge in [0, 0.05) is 37.1 Å². The number of halogens is 6. The average molecular weight is 488 g/mol. The van der Waals surface area contributed by atoms with Crippen LogP contribution in [-0.4, -0.2) is 28.6 Å². The maximum Gasteiger partial charge on any atom is 0.416 e. The van der Waals surface area contributed by atoms with E-state index in [0.717, 1.165) is 4.90 Å². The first kappa shape index (κ1) is 26.5. The number of rotatable bonds is 6. The van der Waals surface area contributed by atoms with Gasteiger partial charge in [0.05, 0.1) is 11.1 Å². The number of pyridine rings is 1. The molecule has 0 aliphatic heterocycles. The fraction of sp³-hybridized carbons (Fsp3) is 0.350. The highest BCUT2D eigenvalue weighted by Crippen LogP contribution is 2.36. The molecule has 0 unspecified atom stereocenters. The first-order valence-corrected chi connectivity index (χ1v) is 9.63. The highest BCUT2D eigenvalue weighted by Gasteiger charge is 2.37. The fourth-order valence-electron chi connectivity index (χ4n) is 3.20. The topological polar surface area (TPSA) is 127 Å². The van der Waals surface area contributed by atoms with Gasteiger partial charge in [-0.1, -0.05) is 0 Å². The number of hydrogen-bond acceptors (Lipinski definition) is 6. The second kappa shape index (κ2) is 10.1. The molecule has 2 rings (SSSR count). The molecule has 0 spiro atoms. The predicted molar refractivity (Wildman–Crippen MR) is 113 cm³/mol. The van der Waals surface area contributed by atoms with E-state index in [9.17, 15) is 26.3 Å². The third kappa shape index (κ3) is 6.20. The molecule has 1 aromatic heterocycles. The monoisotopic (exact) mass is 488 g/mol. The van der Waals surface area contributed by atoms with Crippen molar-refractivity contribution in [2.45, 2.75) is 39.3 Å². The third-order valence-electron chi connectivity index (χ3n) is 4.84. The van der Waals surface area contributed by atoms with E-state index < -0.39 is 36.0 Å². The number of aromatic nitrogens is 1. The van der Waals surface area contributed by atoms with E-state index in [4.69, 9.17) is 16.8 Å². The van der Waals surface area contributed by atoms with Crippen LogP contribution in [0.3, 0.4) is 0 Å². The number of aryl methyl sites for hydroxylation is 1. The first-order valence-electron chi connectivity index (χ1n) is 9.63. The number of anilines is 1. The SMILES string of the molecule is CNc1nc(C)c(CN(Cc2cc(C(F)(F)F)cc(C(F)(F)F)c2)C(N=N)=NN)cc1C(C)=N. The van der Waals surface area contributed by atoms with Crippen LogP contribution in [0.15, 0.2) is 34.5 Å². The van der Waals surface area contributed by atoms with Gasteiger partial charge in [-0.15, -0.1) is 10.2 Å². The zero-order valence-electron chi connectivity index (χ0n) is 18.4. The first-order chi connectivity index (χ1) is 15.7. The van der Waals surface area contributed by atoms with Gasteiger partial charge in [-0.25, -0.2) is 10.5 Å². The molecule has 5 N–H and O–H groups in total. The van der Waals surface area contributed by atoms with Crippen molar-refractivity contribution < 1.29 is 26.3 Å². The molecule has 0 aliphatic carbocycles. The Morgan fingerprint density at radius 3 is 2.03 bits per heavy atom. The van der Waals surface area contributed by atoms with Gasteiger partial charge >= 0.3 is 12.4 Å². The predicted octanol–water partition coefficient (Wildman–Crippen LogP) is 5.12. The molecule has 0 bridgehead atoms. The summed E-state index contributed by atoms with van der Waals surface area (Å²) in [5.74, 6) is 5.27. The minimum absolute atomic E-state index is 0.0321. The summed E-state index contributed by atoms with van der Waals surface area (Å²) in [6.07, 6.45) is -10.0. The van der Waals surface area contributed by atoms with Gasteiger partial charge < -0.3 is 21.5 Å². The Morgan fingerprint density at radius 2 is 1.62 bits per heavy atom. The summed E-state index contributed by atoms with van der Waals surface area (Å²) in [6, 6.07) is 2.81. The summed E-state index contributed by atoms with van der Waals surface area (Å²) >= 11 is 0. The molecular weight excluding hydrogens is 466 g/mol. The lowest BCUT2D eigenvalue weighted by Crippen LogP contribution is -2.30. The van der Waals surface area contributed by atoms with Crippen molar-refractivity contribution in [2.24, 2.45) is 16.1 Å². The lowest BCUT2D eigenvalue weighted by Gasteiger charge is -2.25. The number of alkyl halides is 6. The van der Waals surface area contributed by atoms with Gasteiger partial charge in [0.25, 0.3) is 5.96 Å². The number of nitrogens with two attached hydrogens (primary N) is 1. The summed E-state index contributed by atoms with van der Waals surface area (Å²) in [6.45, 7) is 2.50. The highest BCUT2D eigenvalue weighted by atomic mass is 19.4. The normalized spacial score (nSPS) is 12.4. The van der Waals surface area contributed by atoms with Crippen molar-refractivity contribution in [3.8, 4) is 0 Å². The highest BCUT2D eigenvalue weighted by molar-refractivity contribution is 6.00. The van der Waals surface area contributed by atoms with E-state index in [1.807, 2.05) is 0 Å². The van der Waals surface area contributed by atoms with E-state index in [1.54, 1.807) is 20.0 Å². The van der Waals surface area contributed by atoms with Gasteiger partial charge in [0.1, 0.15) is 5.82 Å². The Morgan fingerprint density at radius 1 is 1.06 bits per heavy atom. The molecule has 0 fully saturated rings. The molecule has 1 aromatic carbocycles. The third-order valence-corrected chi connectivity index (χ3v) is 4.84. The quantitative estimate of drug-likeness (QED) is 0.112. The van der Waals surface area contributed by atoms with Crippen molar-refractivity contribution in [3.63, 3.8) is 0 Å². The molecule has 0 amide bonds. The number of hydrogen-bond donors (Lipinski definition) is 4. The molecule has 1 heterocycles. The largest absolute Gasteiger partial charge is 0.416 e. The van der Waals surface area contributed by atoms with E-state index in [1.165, 1.54) is 6.92 Å². The zero-order valence-corrected chi connectivity index (χ0v) is 18.4. The Hall–Kier alpha value is -3.71. The Bertz CT molecular complexity index is 1080. The van der Waals surface area contributed by atoms with Crippen LogP contribution in [0.4, 0.5) is 32.2 Å². The maximum atomic E-state index is 13.2. The molecule has 8 nitrogen and oxygen atoms in total. The number of hydrazone groups is 1. The van der Waals surface area contributed by atoms with E-state index in [-0.39, 0.29) is 23.9 Å². The van der Waals surface area contributed by atoms with E-state index in [2.05, 4.69) is 20.5 Å². The number of guanidine groups is 1. The Balaban J connectivity index is 2.58. The van der Waals surface area contributed by atoms with Gasteiger partial charge in [-0.3, -0.25) is 0 Å². The molecule has 0 saturated carbocycles.